The number of hydrogen-bond acceptors (Lipinski definition) is 3. The van der Waals surface area contributed by atoms with Gasteiger partial charge in [-0.3, -0.25) is 4.98 Å². The molecule has 0 fully saturated rings. The van der Waals surface area contributed by atoms with Crippen molar-refractivity contribution < 1.29 is 4.74 Å². The van der Waals surface area contributed by atoms with E-state index in [1.165, 1.54) is 12.8 Å². The Kier molecular flexibility index (Phi) is 4.74. The maximum Gasteiger partial charge on any atom is 0.130 e. The second-order valence-electron chi connectivity index (χ2n) is 5.04. The third kappa shape index (κ3) is 3.44. The molecule has 3 heteroatoms. The average molecular weight is 258 g/mol. The van der Waals surface area contributed by atoms with Crippen LogP contribution in [0.4, 0.5) is 0 Å². The number of pyridine rings is 1. The van der Waals surface area contributed by atoms with Crippen molar-refractivity contribution in [3.8, 4) is 5.75 Å². The van der Waals surface area contributed by atoms with Gasteiger partial charge in [-0.05, 0) is 24.5 Å². The van der Waals surface area contributed by atoms with Gasteiger partial charge >= 0.3 is 0 Å². The summed E-state index contributed by atoms with van der Waals surface area (Å²) in [7, 11) is 0. The Bertz CT molecular complexity index is 539. The van der Waals surface area contributed by atoms with Crippen molar-refractivity contribution >= 4 is 10.9 Å². The number of hydrogen-bond donors (Lipinski definition) is 1. The zero-order valence-corrected chi connectivity index (χ0v) is 11.7. The second-order valence-corrected chi connectivity index (χ2v) is 5.04. The van der Waals surface area contributed by atoms with Crippen LogP contribution in [-0.2, 0) is 6.54 Å². The molecule has 2 rings (SSSR count). The maximum absolute atomic E-state index is 5.98. The Hall–Kier alpha value is -1.61. The molecule has 1 aromatic carbocycles. The van der Waals surface area contributed by atoms with Crippen LogP contribution < -0.4 is 10.5 Å². The number of nitrogens with zero attached hydrogens (tertiary/aromatic N) is 1. The molecule has 0 radical (unpaired) electrons. The first kappa shape index (κ1) is 13.8. The van der Waals surface area contributed by atoms with Crippen LogP contribution in [0.3, 0.4) is 0 Å². The fourth-order valence-electron chi connectivity index (χ4n) is 2.23. The molecule has 0 spiro atoms. The van der Waals surface area contributed by atoms with E-state index in [0.717, 1.165) is 29.0 Å². The molecule has 0 amide bonds. The van der Waals surface area contributed by atoms with E-state index in [1.807, 2.05) is 30.3 Å². The van der Waals surface area contributed by atoms with Gasteiger partial charge in [0.2, 0.25) is 0 Å². The summed E-state index contributed by atoms with van der Waals surface area (Å²) in [5.41, 5.74) is 7.52. The van der Waals surface area contributed by atoms with E-state index in [-0.39, 0.29) is 0 Å². The van der Waals surface area contributed by atoms with Crippen LogP contribution in [0.2, 0.25) is 0 Å². The van der Waals surface area contributed by atoms with Crippen molar-refractivity contribution in [3.63, 3.8) is 0 Å². The zero-order chi connectivity index (χ0) is 13.7. The van der Waals surface area contributed by atoms with Gasteiger partial charge < -0.3 is 10.5 Å². The van der Waals surface area contributed by atoms with Crippen molar-refractivity contribution in [2.24, 2.45) is 11.7 Å². The van der Waals surface area contributed by atoms with Gasteiger partial charge in [-0.25, -0.2) is 0 Å². The van der Waals surface area contributed by atoms with Crippen LogP contribution in [0.25, 0.3) is 10.9 Å². The number of fused-ring (bicyclic) bond motifs is 1. The van der Waals surface area contributed by atoms with E-state index >= 15 is 0 Å². The van der Waals surface area contributed by atoms with Crippen LogP contribution in [0.5, 0.6) is 5.75 Å². The Labute approximate surface area is 114 Å². The monoisotopic (exact) mass is 258 g/mol. The summed E-state index contributed by atoms with van der Waals surface area (Å²) in [6, 6.07) is 9.99. The lowest BCUT2D eigenvalue weighted by Crippen LogP contribution is -2.09. The van der Waals surface area contributed by atoms with Crippen molar-refractivity contribution in [2.75, 3.05) is 6.61 Å². The Morgan fingerprint density at radius 2 is 2.11 bits per heavy atom. The first-order valence-corrected chi connectivity index (χ1v) is 6.96. The van der Waals surface area contributed by atoms with Gasteiger partial charge in [-0.15, -0.1) is 0 Å². The molecule has 1 heterocycles. The molecule has 2 aromatic rings. The molecule has 0 saturated heterocycles. The summed E-state index contributed by atoms with van der Waals surface area (Å²) in [5.74, 6) is 1.47. The van der Waals surface area contributed by atoms with Crippen LogP contribution in [0.1, 0.15) is 32.4 Å². The van der Waals surface area contributed by atoms with Gasteiger partial charge in [0.1, 0.15) is 5.75 Å². The maximum atomic E-state index is 5.98. The molecule has 0 saturated carbocycles. The lowest BCUT2D eigenvalue weighted by Gasteiger charge is -2.14. The summed E-state index contributed by atoms with van der Waals surface area (Å²) in [6.45, 7) is 5.60. The van der Waals surface area contributed by atoms with E-state index in [9.17, 15) is 0 Å². The fraction of sp³-hybridized carbons (Fsp3) is 0.438. The summed E-state index contributed by atoms with van der Waals surface area (Å²) in [4.78, 5) is 4.51. The standard InChI is InChI=1S/C16H22N2O/c1-3-6-12(2)11-19-16-9-13(10-17)18-15-8-5-4-7-14(15)16/h4-5,7-9,12H,3,6,10-11,17H2,1-2H3. The summed E-state index contributed by atoms with van der Waals surface area (Å²) < 4.78 is 5.98. The highest BCUT2D eigenvalue weighted by atomic mass is 16.5. The third-order valence-electron chi connectivity index (χ3n) is 3.25. The summed E-state index contributed by atoms with van der Waals surface area (Å²) in [5, 5.41) is 1.06. The second kappa shape index (κ2) is 6.53. The molecule has 1 atom stereocenters. The lowest BCUT2D eigenvalue weighted by molar-refractivity contribution is 0.254. The normalized spacial score (nSPS) is 12.6. The number of nitrogens with two attached hydrogens (primary N) is 1. The zero-order valence-electron chi connectivity index (χ0n) is 11.7. The van der Waals surface area contributed by atoms with Crippen LogP contribution in [0, 0.1) is 5.92 Å². The minimum atomic E-state index is 0.436. The Morgan fingerprint density at radius 1 is 1.32 bits per heavy atom. The highest BCUT2D eigenvalue weighted by Gasteiger charge is 2.08. The van der Waals surface area contributed by atoms with Crippen LogP contribution in [0.15, 0.2) is 30.3 Å². The first-order valence-electron chi connectivity index (χ1n) is 6.96. The largest absolute Gasteiger partial charge is 0.493 e. The fourth-order valence-corrected chi connectivity index (χ4v) is 2.23. The smallest absolute Gasteiger partial charge is 0.130 e. The molecule has 0 bridgehead atoms. The third-order valence-corrected chi connectivity index (χ3v) is 3.25. The molecular weight excluding hydrogens is 236 g/mol. The van der Waals surface area contributed by atoms with Gasteiger partial charge in [0, 0.05) is 18.0 Å². The SMILES string of the molecule is CCCC(C)COc1cc(CN)nc2ccccc12. The van der Waals surface area contributed by atoms with Gasteiger partial charge in [-0.2, -0.15) is 0 Å². The van der Waals surface area contributed by atoms with Crippen LogP contribution in [-0.4, -0.2) is 11.6 Å². The molecule has 102 valence electrons. The Balaban J connectivity index is 2.25. The summed E-state index contributed by atoms with van der Waals surface area (Å²) in [6.07, 6.45) is 2.38. The molecule has 0 aliphatic heterocycles. The number of rotatable bonds is 6. The highest BCUT2D eigenvalue weighted by molar-refractivity contribution is 5.85. The predicted molar refractivity (Wildman–Crippen MR) is 79.2 cm³/mol. The highest BCUT2D eigenvalue weighted by Crippen LogP contribution is 2.26. The molecule has 0 aliphatic rings. The van der Waals surface area contributed by atoms with Crippen molar-refractivity contribution in [1.29, 1.82) is 0 Å². The quantitative estimate of drug-likeness (QED) is 0.862. The number of ether oxygens (including phenoxy) is 1. The number of benzene rings is 1. The van der Waals surface area contributed by atoms with Gasteiger partial charge in [-0.1, -0.05) is 32.4 Å². The molecule has 3 nitrogen and oxygen atoms in total. The first-order chi connectivity index (χ1) is 9.24. The molecule has 1 unspecified atom stereocenters. The number of para-hydroxylation sites is 1. The molecule has 0 aliphatic carbocycles. The van der Waals surface area contributed by atoms with Crippen LogP contribution >= 0.6 is 0 Å². The van der Waals surface area contributed by atoms with Crippen molar-refractivity contribution in [3.05, 3.63) is 36.0 Å². The van der Waals surface area contributed by atoms with E-state index in [0.29, 0.717) is 12.5 Å². The number of aromatic nitrogens is 1. The van der Waals surface area contributed by atoms with E-state index in [4.69, 9.17) is 10.5 Å². The molecule has 1 aromatic heterocycles. The van der Waals surface area contributed by atoms with Crippen molar-refractivity contribution in [2.45, 2.75) is 33.2 Å². The molecule has 19 heavy (non-hydrogen) atoms. The van der Waals surface area contributed by atoms with E-state index in [2.05, 4.69) is 18.8 Å². The molecular formula is C16H22N2O. The lowest BCUT2D eigenvalue weighted by atomic mass is 10.1. The molecule has 2 N–H and O–H groups in total. The predicted octanol–water partition coefficient (Wildman–Crippen LogP) is 3.51. The van der Waals surface area contributed by atoms with E-state index in [1.54, 1.807) is 0 Å². The van der Waals surface area contributed by atoms with Crippen molar-refractivity contribution in [1.82, 2.24) is 4.98 Å². The van der Waals surface area contributed by atoms with Gasteiger partial charge in [0.25, 0.3) is 0 Å². The minimum absolute atomic E-state index is 0.436. The minimum Gasteiger partial charge on any atom is -0.493 e. The topological polar surface area (TPSA) is 48.1 Å². The van der Waals surface area contributed by atoms with Gasteiger partial charge in [0.05, 0.1) is 17.8 Å². The summed E-state index contributed by atoms with van der Waals surface area (Å²) >= 11 is 0. The van der Waals surface area contributed by atoms with E-state index < -0.39 is 0 Å². The Morgan fingerprint density at radius 3 is 2.84 bits per heavy atom. The average Bonchev–Trinajstić information content (AvgIpc) is 2.44. The van der Waals surface area contributed by atoms with Gasteiger partial charge in [0.15, 0.2) is 0 Å².